The molecule has 0 saturated carbocycles. The summed E-state index contributed by atoms with van der Waals surface area (Å²) in [6.07, 6.45) is 0.841. The van der Waals surface area contributed by atoms with Crippen LogP contribution in [0.4, 0.5) is 0 Å². The number of nitrogens with one attached hydrogen (secondary N) is 1. The molecule has 2 rings (SSSR count). The number of hydrogen-bond acceptors (Lipinski definition) is 2. The molecule has 0 atom stereocenters. The lowest BCUT2D eigenvalue weighted by Gasteiger charge is -2.04. The molecular formula is C12H13NO2. The molecule has 3 nitrogen and oxygen atoms in total. The van der Waals surface area contributed by atoms with E-state index in [2.05, 4.69) is 4.98 Å². The topological polar surface area (TPSA) is 42.1 Å². The second kappa shape index (κ2) is 3.42. The number of aromatic amines is 1. The van der Waals surface area contributed by atoms with Gasteiger partial charge in [0.25, 0.3) is 0 Å². The molecule has 2 aromatic rings. The van der Waals surface area contributed by atoms with E-state index in [0.717, 1.165) is 34.1 Å². The third-order valence-electron chi connectivity index (χ3n) is 2.75. The molecule has 1 heterocycles. The van der Waals surface area contributed by atoms with Crippen LogP contribution < -0.4 is 4.74 Å². The van der Waals surface area contributed by atoms with Gasteiger partial charge in [-0.25, -0.2) is 0 Å². The van der Waals surface area contributed by atoms with Crippen molar-refractivity contribution >= 4 is 17.2 Å². The van der Waals surface area contributed by atoms with Gasteiger partial charge in [0.1, 0.15) is 5.75 Å². The van der Waals surface area contributed by atoms with E-state index in [-0.39, 0.29) is 0 Å². The Balaban J connectivity index is 2.91. The molecule has 15 heavy (non-hydrogen) atoms. The maximum absolute atomic E-state index is 10.8. The van der Waals surface area contributed by atoms with E-state index < -0.39 is 0 Å². The number of aryl methyl sites for hydroxylation is 2. The van der Waals surface area contributed by atoms with Crippen LogP contribution in [0.15, 0.2) is 12.1 Å². The summed E-state index contributed by atoms with van der Waals surface area (Å²) in [4.78, 5) is 13.9. The fourth-order valence-corrected chi connectivity index (χ4v) is 1.87. The lowest BCUT2D eigenvalue weighted by molar-refractivity contribution is 0.111. The standard InChI is InChI=1S/C12H13NO2/c1-7-4-5-10(15-3)11-8(2)9(6-14)13-12(7)11/h4-6,13H,1-3H3. The van der Waals surface area contributed by atoms with Crippen molar-refractivity contribution < 1.29 is 9.53 Å². The third kappa shape index (κ3) is 1.31. The Morgan fingerprint density at radius 1 is 1.33 bits per heavy atom. The number of hydrogen-bond donors (Lipinski definition) is 1. The average Bonchev–Trinajstić information content (AvgIpc) is 2.58. The first kappa shape index (κ1) is 9.77. The van der Waals surface area contributed by atoms with Crippen LogP contribution in [0, 0.1) is 13.8 Å². The van der Waals surface area contributed by atoms with Crippen molar-refractivity contribution in [2.24, 2.45) is 0 Å². The van der Waals surface area contributed by atoms with E-state index >= 15 is 0 Å². The predicted molar refractivity (Wildman–Crippen MR) is 59.7 cm³/mol. The first-order valence-electron chi connectivity index (χ1n) is 4.80. The van der Waals surface area contributed by atoms with Gasteiger partial charge < -0.3 is 9.72 Å². The van der Waals surface area contributed by atoms with Crippen LogP contribution in [-0.2, 0) is 0 Å². The predicted octanol–water partition coefficient (Wildman–Crippen LogP) is 2.61. The Labute approximate surface area is 88.1 Å². The highest BCUT2D eigenvalue weighted by molar-refractivity contribution is 5.97. The molecular weight excluding hydrogens is 190 g/mol. The summed E-state index contributed by atoms with van der Waals surface area (Å²) >= 11 is 0. The zero-order chi connectivity index (χ0) is 11.0. The summed E-state index contributed by atoms with van der Waals surface area (Å²) in [5.74, 6) is 0.803. The normalized spacial score (nSPS) is 10.6. The number of carbonyl (C=O) groups is 1. The number of methoxy groups -OCH3 is 1. The molecule has 0 radical (unpaired) electrons. The first-order valence-corrected chi connectivity index (χ1v) is 4.80. The van der Waals surface area contributed by atoms with Gasteiger partial charge in [-0.3, -0.25) is 4.79 Å². The Kier molecular flexibility index (Phi) is 2.23. The van der Waals surface area contributed by atoms with E-state index in [1.54, 1.807) is 7.11 Å². The highest BCUT2D eigenvalue weighted by Gasteiger charge is 2.12. The largest absolute Gasteiger partial charge is 0.496 e. The van der Waals surface area contributed by atoms with Crippen molar-refractivity contribution in [3.05, 3.63) is 29.0 Å². The minimum Gasteiger partial charge on any atom is -0.496 e. The maximum Gasteiger partial charge on any atom is 0.166 e. The first-order chi connectivity index (χ1) is 7.19. The smallest absolute Gasteiger partial charge is 0.166 e. The van der Waals surface area contributed by atoms with Crippen molar-refractivity contribution in [1.29, 1.82) is 0 Å². The number of rotatable bonds is 2. The Bertz CT molecular complexity index is 526. The molecule has 1 aromatic heterocycles. The van der Waals surface area contributed by atoms with Gasteiger partial charge in [-0.05, 0) is 31.0 Å². The SMILES string of the molecule is COc1ccc(C)c2[nH]c(C=O)c(C)c12. The number of benzene rings is 1. The summed E-state index contributed by atoms with van der Waals surface area (Å²) in [6.45, 7) is 3.93. The molecule has 0 unspecified atom stereocenters. The molecule has 0 fully saturated rings. The molecule has 3 heteroatoms. The molecule has 1 N–H and O–H groups in total. The monoisotopic (exact) mass is 203 g/mol. The van der Waals surface area contributed by atoms with E-state index in [0.29, 0.717) is 5.69 Å². The van der Waals surface area contributed by atoms with Gasteiger partial charge in [-0.1, -0.05) is 6.07 Å². The fourth-order valence-electron chi connectivity index (χ4n) is 1.87. The number of aromatic nitrogens is 1. The molecule has 78 valence electrons. The fraction of sp³-hybridized carbons (Fsp3) is 0.250. The van der Waals surface area contributed by atoms with Crippen molar-refractivity contribution in [3.8, 4) is 5.75 Å². The summed E-state index contributed by atoms with van der Waals surface area (Å²) in [6, 6.07) is 3.90. The number of fused-ring (bicyclic) bond motifs is 1. The lowest BCUT2D eigenvalue weighted by Crippen LogP contribution is -1.86. The van der Waals surface area contributed by atoms with Gasteiger partial charge in [-0.15, -0.1) is 0 Å². The Hall–Kier alpha value is -1.77. The van der Waals surface area contributed by atoms with Crippen LogP contribution in [-0.4, -0.2) is 18.4 Å². The van der Waals surface area contributed by atoms with E-state index in [4.69, 9.17) is 4.74 Å². The van der Waals surface area contributed by atoms with Crippen molar-refractivity contribution in [3.63, 3.8) is 0 Å². The average molecular weight is 203 g/mol. The lowest BCUT2D eigenvalue weighted by atomic mass is 10.1. The maximum atomic E-state index is 10.8. The van der Waals surface area contributed by atoms with E-state index in [9.17, 15) is 4.79 Å². The molecule has 0 aliphatic rings. The molecule has 1 aromatic carbocycles. The second-order valence-electron chi connectivity index (χ2n) is 3.62. The zero-order valence-corrected chi connectivity index (χ0v) is 9.05. The third-order valence-corrected chi connectivity index (χ3v) is 2.75. The number of H-pyrrole nitrogens is 1. The Morgan fingerprint density at radius 2 is 2.07 bits per heavy atom. The molecule has 0 aliphatic heterocycles. The van der Waals surface area contributed by atoms with E-state index in [1.807, 2.05) is 26.0 Å². The van der Waals surface area contributed by atoms with Crippen LogP contribution in [0.25, 0.3) is 10.9 Å². The van der Waals surface area contributed by atoms with Crippen molar-refractivity contribution in [2.75, 3.05) is 7.11 Å². The summed E-state index contributed by atoms with van der Waals surface area (Å²) in [5.41, 5.74) is 3.66. The van der Waals surface area contributed by atoms with Crippen LogP contribution >= 0.6 is 0 Å². The minimum atomic E-state index is 0.623. The molecule has 0 bridgehead atoms. The second-order valence-corrected chi connectivity index (χ2v) is 3.62. The van der Waals surface area contributed by atoms with Gasteiger partial charge >= 0.3 is 0 Å². The van der Waals surface area contributed by atoms with Crippen LogP contribution in [0.2, 0.25) is 0 Å². The number of ether oxygens (including phenoxy) is 1. The van der Waals surface area contributed by atoms with Gasteiger partial charge in [0.2, 0.25) is 0 Å². The highest BCUT2D eigenvalue weighted by atomic mass is 16.5. The zero-order valence-electron chi connectivity index (χ0n) is 9.05. The van der Waals surface area contributed by atoms with Gasteiger partial charge in [0.05, 0.1) is 18.3 Å². The Morgan fingerprint density at radius 3 is 2.67 bits per heavy atom. The number of aldehydes is 1. The van der Waals surface area contributed by atoms with Crippen LogP contribution in [0.3, 0.4) is 0 Å². The summed E-state index contributed by atoms with van der Waals surface area (Å²) in [7, 11) is 1.64. The quantitative estimate of drug-likeness (QED) is 0.762. The van der Waals surface area contributed by atoms with Crippen molar-refractivity contribution in [2.45, 2.75) is 13.8 Å². The minimum absolute atomic E-state index is 0.623. The summed E-state index contributed by atoms with van der Waals surface area (Å²) in [5, 5.41) is 1.000. The molecule has 0 aliphatic carbocycles. The van der Waals surface area contributed by atoms with Gasteiger partial charge in [0.15, 0.2) is 6.29 Å². The summed E-state index contributed by atoms with van der Waals surface area (Å²) < 4.78 is 5.29. The molecule has 0 saturated heterocycles. The molecule has 0 amide bonds. The van der Waals surface area contributed by atoms with Crippen LogP contribution in [0.1, 0.15) is 21.6 Å². The van der Waals surface area contributed by atoms with E-state index in [1.165, 1.54) is 0 Å². The number of carbonyl (C=O) groups excluding carboxylic acids is 1. The van der Waals surface area contributed by atoms with Gasteiger partial charge in [0, 0.05) is 5.39 Å². The molecule has 0 spiro atoms. The van der Waals surface area contributed by atoms with Crippen LogP contribution in [0.5, 0.6) is 5.75 Å². The van der Waals surface area contributed by atoms with Gasteiger partial charge in [-0.2, -0.15) is 0 Å². The highest BCUT2D eigenvalue weighted by Crippen LogP contribution is 2.32. The van der Waals surface area contributed by atoms with Crippen molar-refractivity contribution in [1.82, 2.24) is 4.98 Å².